The van der Waals surface area contributed by atoms with Crippen molar-refractivity contribution in [2.45, 2.75) is 97.4 Å². The first-order chi connectivity index (χ1) is 14.7. The molecular weight excluding hydrogens is 422 g/mol. The highest BCUT2D eigenvalue weighted by Gasteiger charge is 2.34. The number of benzene rings is 1. The predicted molar refractivity (Wildman–Crippen MR) is 131 cm³/mol. The van der Waals surface area contributed by atoms with Gasteiger partial charge in [0.15, 0.2) is 9.84 Å². The van der Waals surface area contributed by atoms with Crippen molar-refractivity contribution in [1.29, 1.82) is 0 Å². The molecule has 0 N–H and O–H groups in total. The van der Waals surface area contributed by atoms with Gasteiger partial charge < -0.3 is 4.90 Å². The molecule has 5 nitrogen and oxygen atoms in total. The summed E-state index contributed by atoms with van der Waals surface area (Å²) in [6.45, 7) is 13.3. The number of Topliss-reactive ketones (excluding diaryl/α,β-unsaturated/α-hetero) is 1. The fourth-order valence-corrected chi connectivity index (χ4v) is 5.99. The maximum atomic E-state index is 12.8. The van der Waals surface area contributed by atoms with Crippen LogP contribution in [0.1, 0.15) is 90.1 Å². The third-order valence-electron chi connectivity index (χ3n) is 6.62. The van der Waals surface area contributed by atoms with E-state index in [2.05, 4.69) is 0 Å². The van der Waals surface area contributed by atoms with Crippen LogP contribution in [-0.4, -0.2) is 47.6 Å². The molecule has 0 saturated heterocycles. The molecule has 1 aliphatic rings. The van der Waals surface area contributed by atoms with Crippen LogP contribution in [0, 0.1) is 11.8 Å². The number of nitrogens with zero attached hydrogens (tertiary/aromatic N) is 1. The quantitative estimate of drug-likeness (QED) is 0.539. The largest absolute Gasteiger partial charge is 0.334 e. The van der Waals surface area contributed by atoms with Gasteiger partial charge in [-0.25, -0.2) is 8.42 Å². The van der Waals surface area contributed by atoms with Crippen molar-refractivity contribution in [2.75, 3.05) is 5.75 Å². The zero-order chi connectivity index (χ0) is 24.3. The minimum atomic E-state index is -3.13. The second-order valence-electron chi connectivity index (χ2n) is 10.9. The highest BCUT2D eigenvalue weighted by molar-refractivity contribution is 7.92. The molecular formula is C26H41NO4S. The van der Waals surface area contributed by atoms with Crippen LogP contribution in [0.4, 0.5) is 0 Å². The number of hydrogen-bond donors (Lipinski definition) is 0. The Labute approximate surface area is 194 Å². The van der Waals surface area contributed by atoms with Crippen LogP contribution >= 0.6 is 0 Å². The van der Waals surface area contributed by atoms with Crippen molar-refractivity contribution in [3.05, 3.63) is 35.4 Å². The summed E-state index contributed by atoms with van der Waals surface area (Å²) >= 11 is 0. The van der Waals surface area contributed by atoms with Crippen LogP contribution in [0.25, 0.3) is 0 Å². The van der Waals surface area contributed by atoms with Gasteiger partial charge in [-0.3, -0.25) is 9.59 Å². The van der Waals surface area contributed by atoms with Crippen molar-refractivity contribution < 1.29 is 18.0 Å². The number of carbonyl (C=O) groups excluding carboxylic acids is 2. The summed E-state index contributed by atoms with van der Waals surface area (Å²) in [6, 6.07) is 7.64. The van der Waals surface area contributed by atoms with Crippen molar-refractivity contribution in [2.24, 2.45) is 11.8 Å². The zero-order valence-corrected chi connectivity index (χ0v) is 21.7. The molecule has 2 rings (SSSR count). The minimum absolute atomic E-state index is 0.00210. The second-order valence-corrected chi connectivity index (χ2v) is 13.6. The Morgan fingerprint density at radius 1 is 0.938 bits per heavy atom. The van der Waals surface area contributed by atoms with E-state index >= 15 is 0 Å². The van der Waals surface area contributed by atoms with Crippen LogP contribution in [0.15, 0.2) is 24.3 Å². The highest BCUT2D eigenvalue weighted by Crippen LogP contribution is 2.33. The van der Waals surface area contributed by atoms with Crippen LogP contribution in [0.5, 0.6) is 0 Å². The molecule has 6 heteroatoms. The molecule has 1 amide bonds. The molecule has 32 heavy (non-hydrogen) atoms. The number of ketones is 1. The summed E-state index contributed by atoms with van der Waals surface area (Å²) in [5.41, 5.74) is 1.56. The monoisotopic (exact) mass is 463 g/mol. The molecule has 0 aliphatic heterocycles. The second kappa shape index (κ2) is 10.5. The van der Waals surface area contributed by atoms with E-state index < -0.39 is 14.6 Å². The molecule has 0 bridgehead atoms. The van der Waals surface area contributed by atoms with Gasteiger partial charge >= 0.3 is 0 Å². The maximum Gasteiger partial charge on any atom is 0.254 e. The summed E-state index contributed by atoms with van der Waals surface area (Å²) in [5.74, 6) is 0.598. The molecule has 0 heterocycles. The molecule has 1 saturated carbocycles. The average molecular weight is 464 g/mol. The summed E-state index contributed by atoms with van der Waals surface area (Å²) < 4.78 is 24.2. The Balaban J connectivity index is 1.92. The van der Waals surface area contributed by atoms with Gasteiger partial charge in [0.25, 0.3) is 5.91 Å². The molecule has 180 valence electrons. The number of sulfone groups is 1. The van der Waals surface area contributed by atoms with Crippen molar-refractivity contribution in [3.8, 4) is 0 Å². The van der Waals surface area contributed by atoms with Gasteiger partial charge in [0.1, 0.15) is 5.78 Å². The third kappa shape index (κ3) is 6.66. The Bertz CT molecular complexity index is 879. The zero-order valence-electron chi connectivity index (χ0n) is 20.8. The van der Waals surface area contributed by atoms with Gasteiger partial charge in [0.2, 0.25) is 0 Å². The van der Waals surface area contributed by atoms with Crippen molar-refractivity contribution >= 4 is 21.5 Å². The van der Waals surface area contributed by atoms with Gasteiger partial charge in [-0.05, 0) is 97.8 Å². The molecule has 1 aromatic rings. The lowest BCUT2D eigenvalue weighted by molar-refractivity contribution is -0.123. The first-order valence-electron chi connectivity index (χ1n) is 11.9. The van der Waals surface area contributed by atoms with Gasteiger partial charge in [0, 0.05) is 30.0 Å². The predicted octanol–water partition coefficient (Wildman–Crippen LogP) is 5.08. The normalized spacial score (nSPS) is 19.9. The van der Waals surface area contributed by atoms with Crippen molar-refractivity contribution in [3.63, 3.8) is 0 Å². The number of hydrogen-bond acceptors (Lipinski definition) is 4. The van der Waals surface area contributed by atoms with E-state index in [-0.39, 0.29) is 41.4 Å². The maximum absolute atomic E-state index is 12.8. The van der Waals surface area contributed by atoms with E-state index in [4.69, 9.17) is 0 Å². The summed E-state index contributed by atoms with van der Waals surface area (Å²) in [7, 11) is -3.13. The van der Waals surface area contributed by atoms with E-state index in [0.717, 1.165) is 31.2 Å². The molecule has 0 atom stereocenters. The Hall–Kier alpha value is -1.69. The SMILES string of the molecule is CC(C)N(C(=O)c1ccc(CC(=O)C2CCC(CS(=O)(=O)C(C)(C)C)CC2)cc1)C(C)C. The number of carbonyl (C=O) groups is 2. The van der Waals surface area contributed by atoms with E-state index in [1.165, 1.54) is 0 Å². The van der Waals surface area contributed by atoms with Gasteiger partial charge in [0.05, 0.1) is 10.5 Å². The molecule has 1 aliphatic carbocycles. The van der Waals surface area contributed by atoms with Gasteiger partial charge in [-0.2, -0.15) is 0 Å². The molecule has 1 fully saturated rings. The Morgan fingerprint density at radius 3 is 1.88 bits per heavy atom. The highest BCUT2D eigenvalue weighted by atomic mass is 32.2. The van der Waals surface area contributed by atoms with Gasteiger partial charge in [-0.15, -0.1) is 0 Å². The van der Waals surface area contributed by atoms with Crippen LogP contribution < -0.4 is 0 Å². The smallest absolute Gasteiger partial charge is 0.254 e. The molecule has 0 radical (unpaired) electrons. The van der Waals surface area contributed by atoms with Crippen LogP contribution in [-0.2, 0) is 21.1 Å². The lowest BCUT2D eigenvalue weighted by Gasteiger charge is -2.31. The molecule has 1 aromatic carbocycles. The fraction of sp³-hybridized carbons (Fsp3) is 0.692. The number of amides is 1. The first kappa shape index (κ1) is 26.6. The van der Waals surface area contributed by atoms with E-state index in [1.54, 1.807) is 20.8 Å². The summed E-state index contributed by atoms with van der Waals surface area (Å²) in [4.78, 5) is 27.5. The van der Waals surface area contributed by atoms with Gasteiger partial charge in [-0.1, -0.05) is 12.1 Å². The van der Waals surface area contributed by atoms with E-state index in [9.17, 15) is 18.0 Å². The minimum Gasteiger partial charge on any atom is -0.334 e. The lowest BCUT2D eigenvalue weighted by Crippen LogP contribution is -2.42. The molecule has 0 spiro atoms. The van der Waals surface area contributed by atoms with E-state index in [1.807, 2.05) is 56.9 Å². The molecule has 0 aromatic heterocycles. The Kier molecular flexibility index (Phi) is 8.71. The average Bonchev–Trinajstić information content (AvgIpc) is 2.67. The molecule has 0 unspecified atom stereocenters. The topological polar surface area (TPSA) is 71.5 Å². The fourth-order valence-electron chi connectivity index (χ4n) is 4.54. The summed E-state index contributed by atoms with van der Waals surface area (Å²) in [6.07, 6.45) is 3.47. The van der Waals surface area contributed by atoms with Crippen LogP contribution in [0.2, 0.25) is 0 Å². The van der Waals surface area contributed by atoms with Crippen molar-refractivity contribution in [1.82, 2.24) is 4.90 Å². The third-order valence-corrected chi connectivity index (χ3v) is 9.39. The standard InChI is InChI=1S/C26H41NO4S/c1-18(2)27(19(3)4)25(29)23-14-8-20(9-15-23)16-24(28)22-12-10-21(11-13-22)17-32(30,31)26(5,6)7/h8-9,14-15,18-19,21-22H,10-13,16-17H2,1-7H3. The Morgan fingerprint density at radius 2 is 1.44 bits per heavy atom. The summed E-state index contributed by atoms with van der Waals surface area (Å²) in [5, 5.41) is 0. The van der Waals surface area contributed by atoms with Crippen LogP contribution in [0.3, 0.4) is 0 Å². The van der Waals surface area contributed by atoms with E-state index in [0.29, 0.717) is 12.0 Å². The number of rotatable bonds is 8. The lowest BCUT2D eigenvalue weighted by atomic mass is 9.79. The first-order valence-corrected chi connectivity index (χ1v) is 13.5.